The van der Waals surface area contributed by atoms with Crippen LogP contribution in [0.15, 0.2) is 107 Å². The number of esters is 1. The van der Waals surface area contributed by atoms with E-state index in [0.717, 1.165) is 32.2 Å². The summed E-state index contributed by atoms with van der Waals surface area (Å²) in [6.07, 6.45) is -0.471. The number of fused-ring (bicyclic) bond motifs is 1. The highest BCUT2D eigenvalue weighted by Crippen LogP contribution is 2.45. The number of aromatic nitrogens is 1. The van der Waals surface area contributed by atoms with Crippen molar-refractivity contribution in [3.63, 3.8) is 0 Å². The molecule has 1 fully saturated rings. The third kappa shape index (κ3) is 6.41. The maximum atomic E-state index is 14.1. The molecule has 218 valence electrons. The second-order valence-corrected chi connectivity index (χ2v) is 13.3. The van der Waals surface area contributed by atoms with Gasteiger partial charge in [0, 0.05) is 21.3 Å². The molecule has 1 saturated heterocycles. The average Bonchev–Trinajstić information content (AvgIpc) is 3.46. The van der Waals surface area contributed by atoms with Crippen molar-refractivity contribution < 1.29 is 19.1 Å². The number of β-lactam (4-membered cyclic amide) rings is 1. The molecule has 0 radical (unpaired) electrons. The topological polar surface area (TPSA) is 88.6 Å². The molecule has 3 aromatic carbocycles. The van der Waals surface area contributed by atoms with E-state index in [2.05, 4.69) is 10.3 Å². The van der Waals surface area contributed by atoms with E-state index in [4.69, 9.17) is 4.74 Å². The van der Waals surface area contributed by atoms with E-state index >= 15 is 0 Å². The SMILES string of the molecule is Cc1ncsc1CSC1=C(C(=O)OC(c2ccccc2)c2ccccc2)N2C(=O)C(NC(=O)Cc3ccccc3)C2SC1. The molecule has 7 nitrogen and oxygen atoms in total. The van der Waals surface area contributed by atoms with Crippen molar-refractivity contribution >= 4 is 52.6 Å². The molecule has 1 aromatic heterocycles. The van der Waals surface area contributed by atoms with Crippen molar-refractivity contribution in [1.29, 1.82) is 0 Å². The molecule has 6 rings (SSSR count). The fourth-order valence-electron chi connectivity index (χ4n) is 5.06. The molecule has 0 bridgehead atoms. The van der Waals surface area contributed by atoms with Gasteiger partial charge in [-0.3, -0.25) is 14.5 Å². The van der Waals surface area contributed by atoms with Crippen LogP contribution in [-0.4, -0.2) is 44.8 Å². The Morgan fingerprint density at radius 3 is 2.23 bits per heavy atom. The monoisotopic (exact) mass is 627 g/mol. The summed E-state index contributed by atoms with van der Waals surface area (Å²) >= 11 is 4.65. The first kappa shape index (κ1) is 29.2. The second-order valence-electron chi connectivity index (χ2n) is 10.1. The molecule has 3 heterocycles. The molecular weight excluding hydrogens is 599 g/mol. The lowest BCUT2D eigenvalue weighted by atomic mass is 10.0. The molecule has 2 unspecified atom stereocenters. The highest BCUT2D eigenvalue weighted by atomic mass is 32.2. The molecule has 2 aliphatic rings. The lowest BCUT2D eigenvalue weighted by Crippen LogP contribution is -2.70. The van der Waals surface area contributed by atoms with Gasteiger partial charge in [0.25, 0.3) is 5.91 Å². The second kappa shape index (κ2) is 13.2. The van der Waals surface area contributed by atoms with Gasteiger partial charge >= 0.3 is 5.97 Å². The van der Waals surface area contributed by atoms with E-state index in [1.807, 2.05) is 103 Å². The van der Waals surface area contributed by atoms with Gasteiger partial charge in [-0.2, -0.15) is 0 Å². The van der Waals surface area contributed by atoms with Crippen molar-refractivity contribution in [3.05, 3.63) is 134 Å². The van der Waals surface area contributed by atoms with Gasteiger partial charge < -0.3 is 10.1 Å². The molecule has 10 heteroatoms. The summed E-state index contributed by atoms with van der Waals surface area (Å²) in [4.78, 5) is 48.3. The zero-order valence-electron chi connectivity index (χ0n) is 23.3. The molecule has 0 spiro atoms. The number of carbonyl (C=O) groups excluding carboxylic acids is 3. The van der Waals surface area contributed by atoms with Crippen molar-refractivity contribution in [2.45, 2.75) is 36.6 Å². The zero-order valence-corrected chi connectivity index (χ0v) is 25.8. The third-order valence-electron chi connectivity index (χ3n) is 7.30. The lowest BCUT2D eigenvalue weighted by molar-refractivity contribution is -0.154. The minimum Gasteiger partial charge on any atom is -0.448 e. The Morgan fingerprint density at radius 1 is 1.00 bits per heavy atom. The van der Waals surface area contributed by atoms with Crippen LogP contribution in [0.4, 0.5) is 0 Å². The maximum absolute atomic E-state index is 14.1. The maximum Gasteiger partial charge on any atom is 0.356 e. The summed E-state index contributed by atoms with van der Waals surface area (Å²) in [6, 6.07) is 27.9. The molecule has 4 aromatic rings. The number of benzene rings is 3. The molecular formula is C33H29N3O4S3. The van der Waals surface area contributed by atoms with Crippen molar-refractivity contribution in [2.75, 3.05) is 5.75 Å². The van der Waals surface area contributed by atoms with Crippen LogP contribution in [0.2, 0.25) is 0 Å². The van der Waals surface area contributed by atoms with Crippen LogP contribution < -0.4 is 5.32 Å². The summed E-state index contributed by atoms with van der Waals surface area (Å²) in [5.41, 5.74) is 5.56. The number of hydrogen-bond donors (Lipinski definition) is 1. The number of thiazole rings is 1. The summed E-state index contributed by atoms with van der Waals surface area (Å²) in [5.74, 6) is 0.0522. The predicted molar refractivity (Wildman–Crippen MR) is 171 cm³/mol. The fourth-order valence-corrected chi connectivity index (χ4v) is 8.64. The minimum atomic E-state index is -0.710. The Hall–Kier alpha value is -3.86. The average molecular weight is 628 g/mol. The van der Waals surface area contributed by atoms with Crippen molar-refractivity contribution in [2.24, 2.45) is 0 Å². The van der Waals surface area contributed by atoms with Gasteiger partial charge in [-0.25, -0.2) is 9.78 Å². The van der Waals surface area contributed by atoms with Crippen LogP contribution in [0, 0.1) is 6.92 Å². The first-order chi connectivity index (χ1) is 21.0. The van der Waals surface area contributed by atoms with Gasteiger partial charge in [-0.15, -0.1) is 34.9 Å². The Balaban J connectivity index is 1.27. The summed E-state index contributed by atoms with van der Waals surface area (Å²) in [6.45, 7) is 1.97. The highest BCUT2D eigenvalue weighted by molar-refractivity contribution is 8.05. The first-order valence-electron chi connectivity index (χ1n) is 13.8. The van der Waals surface area contributed by atoms with Gasteiger partial charge in [0.2, 0.25) is 5.91 Å². The van der Waals surface area contributed by atoms with Crippen molar-refractivity contribution in [3.8, 4) is 0 Å². The number of amides is 2. The molecule has 2 atom stereocenters. The molecule has 0 aliphatic carbocycles. The summed E-state index contributed by atoms with van der Waals surface area (Å²) in [7, 11) is 0. The Bertz CT molecular complexity index is 1600. The normalized spacial score (nSPS) is 17.8. The first-order valence-corrected chi connectivity index (χ1v) is 16.7. The minimum absolute atomic E-state index is 0.178. The number of ether oxygens (including phenoxy) is 1. The zero-order chi connectivity index (χ0) is 29.8. The molecule has 2 aliphatic heterocycles. The Morgan fingerprint density at radius 2 is 1.63 bits per heavy atom. The lowest BCUT2D eigenvalue weighted by Gasteiger charge is -2.49. The number of rotatable bonds is 10. The van der Waals surface area contributed by atoms with Crippen LogP contribution in [-0.2, 0) is 31.3 Å². The summed E-state index contributed by atoms with van der Waals surface area (Å²) in [5, 5.41) is 2.51. The van der Waals surface area contributed by atoms with Crippen LogP contribution in [0.3, 0.4) is 0 Å². The molecule has 43 heavy (non-hydrogen) atoms. The van der Waals surface area contributed by atoms with Crippen molar-refractivity contribution in [1.82, 2.24) is 15.2 Å². The Labute approximate surface area is 262 Å². The number of aryl methyl sites for hydroxylation is 1. The van der Waals surface area contributed by atoms with Crippen LogP contribution in [0.5, 0.6) is 0 Å². The number of hydrogen-bond acceptors (Lipinski definition) is 8. The number of nitrogens with zero attached hydrogens (tertiary/aromatic N) is 2. The van der Waals surface area contributed by atoms with E-state index in [1.54, 1.807) is 23.1 Å². The van der Waals surface area contributed by atoms with E-state index in [-0.39, 0.29) is 23.9 Å². The van der Waals surface area contributed by atoms with E-state index < -0.39 is 23.5 Å². The van der Waals surface area contributed by atoms with Gasteiger partial charge in [-0.05, 0) is 23.6 Å². The van der Waals surface area contributed by atoms with Gasteiger partial charge in [0.05, 0.1) is 17.6 Å². The quantitative estimate of drug-likeness (QED) is 0.174. The third-order valence-corrected chi connectivity index (χ3v) is 11.0. The molecule has 1 N–H and O–H groups in total. The highest BCUT2D eigenvalue weighted by Gasteiger charge is 2.54. The van der Waals surface area contributed by atoms with E-state index in [0.29, 0.717) is 11.5 Å². The van der Waals surface area contributed by atoms with Gasteiger partial charge in [0.15, 0.2) is 6.10 Å². The van der Waals surface area contributed by atoms with Gasteiger partial charge in [0.1, 0.15) is 17.1 Å². The predicted octanol–water partition coefficient (Wildman–Crippen LogP) is 5.87. The number of carbonyl (C=O) groups is 3. The smallest absolute Gasteiger partial charge is 0.356 e. The van der Waals surface area contributed by atoms with Gasteiger partial charge in [-0.1, -0.05) is 91.0 Å². The standard InChI is InChI=1S/C33H29N3O4S3/c1-21-25(43-20-34-21)18-41-26-19-42-32-28(35-27(37)17-22-11-5-2-6-12-22)31(38)36(32)29(26)33(39)40-30(23-13-7-3-8-14-23)24-15-9-4-10-16-24/h2-16,20,28,30,32H,17-19H2,1H3,(H,35,37). The summed E-state index contributed by atoms with van der Waals surface area (Å²) < 4.78 is 6.24. The number of nitrogens with one attached hydrogen (secondary N) is 1. The largest absolute Gasteiger partial charge is 0.448 e. The fraction of sp³-hybridized carbons (Fsp3) is 0.212. The van der Waals surface area contributed by atoms with E-state index in [9.17, 15) is 14.4 Å². The van der Waals surface area contributed by atoms with E-state index in [1.165, 1.54) is 16.7 Å². The Kier molecular flexibility index (Phi) is 8.97. The van der Waals surface area contributed by atoms with Crippen LogP contribution in [0.25, 0.3) is 0 Å². The number of thioether (sulfide) groups is 2. The van der Waals surface area contributed by atoms with Crippen LogP contribution >= 0.6 is 34.9 Å². The molecule has 0 saturated carbocycles. The molecule has 2 amide bonds. The van der Waals surface area contributed by atoms with Crippen LogP contribution in [0.1, 0.15) is 33.4 Å².